The molecule has 0 spiro atoms. The molecule has 246 valence electrons. The van der Waals surface area contributed by atoms with Crippen LogP contribution in [0.2, 0.25) is 0 Å². The average Bonchev–Trinajstić information content (AvgIpc) is 3.77. The molecule has 3 heterocycles. The lowest BCUT2D eigenvalue weighted by Crippen LogP contribution is -2.28. The minimum Gasteiger partial charge on any atom is -0.310 e. The Bertz CT molecular complexity index is 3200. The quantitative estimate of drug-likeness (QED) is 0.242. The van der Waals surface area contributed by atoms with E-state index in [-0.39, 0.29) is 0 Å². The Hall–Kier alpha value is -6.04. The lowest BCUT2D eigenvalue weighted by atomic mass is 9.77. The first-order valence-corrected chi connectivity index (χ1v) is 18.7. The summed E-state index contributed by atoms with van der Waals surface area (Å²) in [5.74, 6) is 1.62. The summed E-state index contributed by atoms with van der Waals surface area (Å²) in [6.07, 6.45) is 0. The van der Waals surface area contributed by atoms with Crippen molar-refractivity contribution >= 4 is 133 Å². The Balaban J connectivity index is 1.21. The molecule has 7 aromatic carbocycles. The van der Waals surface area contributed by atoms with Gasteiger partial charge in [0, 0.05) is 59.0 Å². The number of rotatable bonds is 5. The van der Waals surface area contributed by atoms with Gasteiger partial charge in [0.2, 0.25) is 0 Å². The number of fused-ring (bicyclic) bond motifs is 7. The van der Waals surface area contributed by atoms with E-state index in [1.54, 1.807) is 12.1 Å². The minimum atomic E-state index is 0.415. The van der Waals surface area contributed by atoms with Gasteiger partial charge in [0.25, 0.3) is 0 Å². The first-order valence-electron chi connectivity index (χ1n) is 17.9. The molecule has 0 unspecified atom stereocenters. The molecule has 10 aromatic rings. The largest absolute Gasteiger partial charge is 0.310 e. The number of benzene rings is 7. The van der Waals surface area contributed by atoms with Crippen LogP contribution in [0.4, 0.5) is 0 Å². The molecule has 56 heavy (non-hydrogen) atoms. The molecule has 3 aromatic heterocycles. The predicted molar refractivity (Wildman–Crippen MR) is 241 cm³/mol. The number of hydrogen-bond donors (Lipinski definition) is 0. The van der Waals surface area contributed by atoms with E-state index in [2.05, 4.69) is 28.8 Å². The van der Waals surface area contributed by atoms with E-state index < -0.39 is 0 Å². The number of hydrogen-bond acceptors (Lipinski definition) is 4. The smallest absolute Gasteiger partial charge is 0.164 e. The Morgan fingerprint density at radius 3 is 1.62 bits per heavy atom. The third kappa shape index (κ3) is 5.56. The van der Waals surface area contributed by atoms with Crippen molar-refractivity contribution in [2.45, 2.75) is 0 Å². The van der Waals surface area contributed by atoms with Crippen LogP contribution >= 0.6 is 11.3 Å². The van der Waals surface area contributed by atoms with E-state index in [9.17, 15) is 0 Å². The van der Waals surface area contributed by atoms with Crippen LogP contribution in [0.3, 0.4) is 0 Å². The second-order valence-corrected chi connectivity index (χ2v) is 14.9. The lowest BCUT2D eigenvalue weighted by Gasteiger charge is -2.15. The van der Waals surface area contributed by atoms with Gasteiger partial charge in [-0.1, -0.05) is 154 Å². The molecule has 0 atom stereocenters. The van der Waals surface area contributed by atoms with Crippen molar-refractivity contribution in [3.05, 3.63) is 133 Å². The van der Waals surface area contributed by atoms with Gasteiger partial charge in [-0.05, 0) is 28.6 Å². The second kappa shape index (κ2) is 13.3. The molecule has 0 fully saturated rings. The van der Waals surface area contributed by atoms with Crippen molar-refractivity contribution < 1.29 is 0 Å². The van der Waals surface area contributed by atoms with Gasteiger partial charge in [0.05, 0.1) is 0 Å². The second-order valence-electron chi connectivity index (χ2n) is 13.9. The van der Waals surface area contributed by atoms with Crippen molar-refractivity contribution in [2.75, 3.05) is 0 Å². The third-order valence-electron chi connectivity index (χ3n) is 10.3. The average molecular weight is 716 g/mol. The summed E-state index contributed by atoms with van der Waals surface area (Å²) < 4.78 is 3.75. The summed E-state index contributed by atoms with van der Waals surface area (Å²) in [5, 5.41) is 3.46. The predicted octanol–water partition coefficient (Wildman–Crippen LogP) is 4.77. The maximum Gasteiger partial charge on any atom is 0.164 e. The summed E-state index contributed by atoms with van der Waals surface area (Å²) in [6, 6.07) is 43.8. The molecule has 0 aliphatic heterocycles. The zero-order valence-electron chi connectivity index (χ0n) is 29.9. The van der Waals surface area contributed by atoms with Crippen LogP contribution in [-0.2, 0) is 0 Å². The Morgan fingerprint density at radius 1 is 0.411 bits per heavy atom. The van der Waals surface area contributed by atoms with Crippen molar-refractivity contribution in [1.29, 1.82) is 0 Å². The Kier molecular flexibility index (Phi) is 8.19. The first-order chi connectivity index (χ1) is 27.2. The van der Waals surface area contributed by atoms with E-state index >= 15 is 0 Å². The highest BCUT2D eigenvalue weighted by atomic mass is 32.1. The van der Waals surface area contributed by atoms with Crippen molar-refractivity contribution in [3.63, 3.8) is 0 Å². The fourth-order valence-corrected chi connectivity index (χ4v) is 8.94. The van der Waals surface area contributed by atoms with Gasteiger partial charge in [-0.3, -0.25) is 0 Å². The van der Waals surface area contributed by atoms with Gasteiger partial charge < -0.3 is 4.57 Å². The molecule has 0 aliphatic carbocycles. The van der Waals surface area contributed by atoms with Gasteiger partial charge in [0.1, 0.15) is 47.1 Å². The molecule has 0 N–H and O–H groups in total. The lowest BCUT2D eigenvalue weighted by molar-refractivity contribution is 1.07. The summed E-state index contributed by atoms with van der Waals surface area (Å²) in [6.45, 7) is 0. The van der Waals surface area contributed by atoms with Crippen LogP contribution in [0.5, 0.6) is 0 Å². The minimum absolute atomic E-state index is 0.415. The van der Waals surface area contributed by atoms with E-state index in [1.807, 2.05) is 97.1 Å². The summed E-state index contributed by atoms with van der Waals surface area (Å²) in [4.78, 5) is 15.0. The zero-order chi connectivity index (χ0) is 38.2. The number of aromatic nitrogens is 4. The molecule has 12 radical (unpaired) electrons. The first kappa shape index (κ1) is 34.4. The Labute approximate surface area is 335 Å². The summed E-state index contributed by atoms with van der Waals surface area (Å²) >= 11 is 1.49. The molecule has 0 saturated heterocycles. The maximum absolute atomic E-state index is 7.03. The van der Waals surface area contributed by atoms with Crippen LogP contribution in [-0.4, -0.2) is 66.6 Å². The molecule has 0 amide bonds. The standard InChI is InChI=1S/C45H22B6N4S/c46-28-19-31-35-36-32-20-29(47)22-34(49)41(32)56-42(36)38(51)37(50)40(35)55(39(31)33(48)21-28)30-13-7-12-27(18-30)45-53-43(25-10-5-2-6-11-25)52-44(54-45)26-16-14-24(15-17-26)23-8-3-1-4-9-23/h1-22H. The summed E-state index contributed by atoms with van der Waals surface area (Å²) in [7, 11) is 40.1. The van der Waals surface area contributed by atoms with Crippen LogP contribution in [0.15, 0.2) is 133 Å². The fraction of sp³-hybridized carbons (Fsp3) is 0. The van der Waals surface area contributed by atoms with Gasteiger partial charge in [-0.2, -0.15) is 0 Å². The van der Waals surface area contributed by atoms with E-state index in [0.717, 1.165) is 70.0 Å². The molecule has 0 saturated carbocycles. The summed E-state index contributed by atoms with van der Waals surface area (Å²) in [5.41, 5.74) is 9.94. The zero-order valence-corrected chi connectivity index (χ0v) is 30.7. The third-order valence-corrected chi connectivity index (χ3v) is 11.6. The number of nitrogens with zero attached hydrogens (tertiary/aromatic N) is 4. The Morgan fingerprint density at radius 2 is 0.946 bits per heavy atom. The normalized spacial score (nSPS) is 11.6. The van der Waals surface area contributed by atoms with Gasteiger partial charge in [-0.25, -0.2) is 15.0 Å². The van der Waals surface area contributed by atoms with Crippen LogP contribution in [0.25, 0.3) is 93.0 Å². The van der Waals surface area contributed by atoms with Gasteiger partial charge in [0.15, 0.2) is 17.5 Å². The van der Waals surface area contributed by atoms with Crippen LogP contribution < -0.4 is 32.8 Å². The van der Waals surface area contributed by atoms with Gasteiger partial charge >= 0.3 is 0 Å². The highest BCUT2D eigenvalue weighted by Crippen LogP contribution is 2.41. The van der Waals surface area contributed by atoms with Crippen molar-refractivity contribution in [2.24, 2.45) is 0 Å². The van der Waals surface area contributed by atoms with Crippen molar-refractivity contribution in [3.8, 4) is 51.0 Å². The molecule has 11 heteroatoms. The van der Waals surface area contributed by atoms with E-state index in [1.165, 1.54) is 11.3 Å². The molecule has 10 rings (SSSR count). The topological polar surface area (TPSA) is 43.6 Å². The maximum atomic E-state index is 7.03. The van der Waals surface area contributed by atoms with Crippen molar-refractivity contribution in [1.82, 2.24) is 19.5 Å². The fourth-order valence-electron chi connectivity index (χ4n) is 7.75. The van der Waals surface area contributed by atoms with Crippen LogP contribution in [0, 0.1) is 0 Å². The molecule has 0 bridgehead atoms. The highest BCUT2D eigenvalue weighted by Gasteiger charge is 2.24. The monoisotopic (exact) mass is 716 g/mol. The molecular formula is C45H22B6N4S. The molecular weight excluding hydrogens is 693 g/mol. The van der Waals surface area contributed by atoms with Crippen LogP contribution in [0.1, 0.15) is 0 Å². The van der Waals surface area contributed by atoms with E-state index in [4.69, 9.17) is 62.0 Å². The molecule has 0 aliphatic rings. The molecule has 4 nitrogen and oxygen atoms in total. The van der Waals surface area contributed by atoms with Gasteiger partial charge in [-0.15, -0.1) is 11.3 Å². The highest BCUT2D eigenvalue weighted by molar-refractivity contribution is 7.28. The van der Waals surface area contributed by atoms with E-state index in [0.29, 0.717) is 55.8 Å². The number of thiophene rings is 1. The SMILES string of the molecule is [B]c1cc([B])c2sc3c([B])c([B])c4c(c5cc([B])cc([B])c5n4-c4cccc(-c5nc(-c6ccccc6)nc(-c6ccc(-c7ccccc7)cc6)n5)c4)c3c2c1.